The topological polar surface area (TPSA) is 59.0 Å². The van der Waals surface area contributed by atoms with Crippen LogP contribution in [0.25, 0.3) is 5.69 Å². The van der Waals surface area contributed by atoms with Gasteiger partial charge in [0.05, 0.1) is 5.69 Å². The number of carbonyl (C=O) groups is 1. The SMILES string of the molecule is Cc1cc(C)n(-c2ccc(C(=O)NC3CCNC(C)C3)cc2F)n1. The molecule has 1 amide bonds. The van der Waals surface area contributed by atoms with Crippen molar-refractivity contribution in [1.29, 1.82) is 0 Å². The molecule has 2 heterocycles. The highest BCUT2D eigenvalue weighted by atomic mass is 19.1. The Bertz CT molecular complexity index is 755. The lowest BCUT2D eigenvalue weighted by atomic mass is 10.00. The van der Waals surface area contributed by atoms with Crippen LogP contribution in [-0.2, 0) is 0 Å². The first-order chi connectivity index (χ1) is 11.4. The zero-order chi connectivity index (χ0) is 17.3. The molecular formula is C18H23FN4O. The highest BCUT2D eigenvalue weighted by molar-refractivity contribution is 5.94. The quantitative estimate of drug-likeness (QED) is 0.909. The van der Waals surface area contributed by atoms with E-state index in [-0.39, 0.29) is 11.9 Å². The molecule has 0 saturated carbocycles. The third-order valence-electron chi connectivity index (χ3n) is 4.41. The van der Waals surface area contributed by atoms with E-state index in [1.165, 1.54) is 6.07 Å². The Hall–Kier alpha value is -2.21. The minimum Gasteiger partial charge on any atom is -0.349 e. The van der Waals surface area contributed by atoms with Gasteiger partial charge in [-0.2, -0.15) is 5.10 Å². The van der Waals surface area contributed by atoms with Gasteiger partial charge in [0.2, 0.25) is 0 Å². The molecular weight excluding hydrogens is 307 g/mol. The van der Waals surface area contributed by atoms with E-state index in [1.807, 2.05) is 19.9 Å². The molecule has 5 nitrogen and oxygen atoms in total. The van der Waals surface area contributed by atoms with E-state index >= 15 is 0 Å². The average molecular weight is 330 g/mol. The van der Waals surface area contributed by atoms with Crippen LogP contribution >= 0.6 is 0 Å². The van der Waals surface area contributed by atoms with Crippen molar-refractivity contribution in [3.8, 4) is 5.69 Å². The fraction of sp³-hybridized carbons (Fsp3) is 0.444. The molecule has 0 radical (unpaired) electrons. The van der Waals surface area contributed by atoms with Crippen LogP contribution < -0.4 is 10.6 Å². The largest absolute Gasteiger partial charge is 0.349 e. The number of nitrogens with zero attached hydrogens (tertiary/aromatic N) is 2. The molecule has 2 aromatic rings. The first-order valence-electron chi connectivity index (χ1n) is 8.31. The molecule has 2 N–H and O–H groups in total. The number of benzene rings is 1. The summed E-state index contributed by atoms with van der Waals surface area (Å²) in [7, 11) is 0. The summed E-state index contributed by atoms with van der Waals surface area (Å²) in [6.07, 6.45) is 1.78. The van der Waals surface area contributed by atoms with Crippen LogP contribution in [0.2, 0.25) is 0 Å². The number of aryl methyl sites for hydroxylation is 2. The summed E-state index contributed by atoms with van der Waals surface area (Å²) in [6, 6.07) is 6.94. The number of rotatable bonds is 3. The van der Waals surface area contributed by atoms with Crippen LogP contribution in [0.3, 0.4) is 0 Å². The number of amides is 1. The van der Waals surface area contributed by atoms with Crippen LogP contribution in [0.5, 0.6) is 0 Å². The number of piperidine rings is 1. The van der Waals surface area contributed by atoms with Gasteiger partial charge in [-0.1, -0.05) is 0 Å². The zero-order valence-electron chi connectivity index (χ0n) is 14.3. The molecule has 1 aromatic carbocycles. The molecule has 6 heteroatoms. The van der Waals surface area contributed by atoms with Gasteiger partial charge in [0, 0.05) is 23.3 Å². The number of hydrogen-bond acceptors (Lipinski definition) is 3. The molecule has 128 valence electrons. The molecule has 2 unspecified atom stereocenters. The van der Waals surface area contributed by atoms with E-state index < -0.39 is 5.82 Å². The lowest BCUT2D eigenvalue weighted by Crippen LogP contribution is -2.46. The van der Waals surface area contributed by atoms with Gasteiger partial charge in [0.25, 0.3) is 5.91 Å². The van der Waals surface area contributed by atoms with Crippen molar-refractivity contribution in [2.24, 2.45) is 0 Å². The Balaban J connectivity index is 1.76. The predicted octanol–water partition coefficient (Wildman–Crippen LogP) is 2.50. The second kappa shape index (κ2) is 6.73. The molecule has 24 heavy (non-hydrogen) atoms. The molecule has 0 bridgehead atoms. The molecule has 1 aliphatic rings. The Morgan fingerprint density at radius 1 is 1.38 bits per heavy atom. The molecule has 0 aliphatic carbocycles. The van der Waals surface area contributed by atoms with E-state index in [2.05, 4.69) is 22.7 Å². The Kier molecular flexibility index (Phi) is 4.66. The molecule has 0 spiro atoms. The summed E-state index contributed by atoms with van der Waals surface area (Å²) in [6.45, 7) is 6.72. The van der Waals surface area contributed by atoms with Gasteiger partial charge in [-0.05, 0) is 64.4 Å². The van der Waals surface area contributed by atoms with Crippen LogP contribution in [0.1, 0.15) is 41.5 Å². The van der Waals surface area contributed by atoms with E-state index in [1.54, 1.807) is 16.8 Å². The van der Waals surface area contributed by atoms with Gasteiger partial charge in [-0.15, -0.1) is 0 Å². The standard InChI is InChI=1S/C18H23FN4O/c1-11-9-15(6-7-20-11)21-18(24)14-4-5-17(16(19)10-14)23-13(3)8-12(2)22-23/h4-5,8,10-11,15,20H,6-7,9H2,1-3H3,(H,21,24). The van der Waals surface area contributed by atoms with Crippen LogP contribution in [0.4, 0.5) is 4.39 Å². The highest BCUT2D eigenvalue weighted by Crippen LogP contribution is 2.18. The Morgan fingerprint density at radius 3 is 2.79 bits per heavy atom. The lowest BCUT2D eigenvalue weighted by Gasteiger charge is -2.28. The van der Waals surface area contributed by atoms with Crippen molar-refractivity contribution in [2.75, 3.05) is 6.54 Å². The third kappa shape index (κ3) is 3.48. The molecule has 1 fully saturated rings. The smallest absolute Gasteiger partial charge is 0.251 e. The van der Waals surface area contributed by atoms with Crippen LogP contribution in [0.15, 0.2) is 24.3 Å². The van der Waals surface area contributed by atoms with Gasteiger partial charge in [0.15, 0.2) is 0 Å². The minimum atomic E-state index is -0.451. The van der Waals surface area contributed by atoms with Crippen LogP contribution in [-0.4, -0.2) is 34.3 Å². The maximum absolute atomic E-state index is 14.5. The molecule has 2 atom stereocenters. The van der Waals surface area contributed by atoms with E-state index in [9.17, 15) is 9.18 Å². The number of aromatic nitrogens is 2. The lowest BCUT2D eigenvalue weighted by molar-refractivity contribution is 0.0925. The molecule has 1 saturated heterocycles. The number of hydrogen-bond donors (Lipinski definition) is 2. The maximum Gasteiger partial charge on any atom is 0.251 e. The summed E-state index contributed by atoms with van der Waals surface area (Å²) in [4.78, 5) is 12.4. The highest BCUT2D eigenvalue weighted by Gasteiger charge is 2.21. The van der Waals surface area contributed by atoms with Gasteiger partial charge < -0.3 is 10.6 Å². The van der Waals surface area contributed by atoms with Gasteiger partial charge in [-0.3, -0.25) is 4.79 Å². The fourth-order valence-electron chi connectivity index (χ4n) is 3.22. The minimum absolute atomic E-state index is 0.132. The van der Waals surface area contributed by atoms with Crippen molar-refractivity contribution in [3.63, 3.8) is 0 Å². The summed E-state index contributed by atoms with van der Waals surface area (Å²) >= 11 is 0. The molecule has 1 aliphatic heterocycles. The Labute approximate surface area is 141 Å². The van der Waals surface area contributed by atoms with Crippen molar-refractivity contribution in [3.05, 3.63) is 47.0 Å². The second-order valence-electron chi connectivity index (χ2n) is 6.56. The second-order valence-corrected chi connectivity index (χ2v) is 6.56. The average Bonchev–Trinajstić information content (AvgIpc) is 2.85. The maximum atomic E-state index is 14.5. The number of halogens is 1. The van der Waals surface area contributed by atoms with Crippen molar-refractivity contribution in [1.82, 2.24) is 20.4 Å². The predicted molar refractivity (Wildman–Crippen MR) is 90.9 cm³/mol. The summed E-state index contributed by atoms with van der Waals surface area (Å²) in [5, 5.41) is 10.6. The number of nitrogens with one attached hydrogen (secondary N) is 2. The van der Waals surface area contributed by atoms with E-state index in [4.69, 9.17) is 0 Å². The van der Waals surface area contributed by atoms with E-state index in [0.29, 0.717) is 17.3 Å². The summed E-state index contributed by atoms with van der Waals surface area (Å²) in [5.74, 6) is -0.680. The summed E-state index contributed by atoms with van der Waals surface area (Å²) < 4.78 is 16.0. The first-order valence-corrected chi connectivity index (χ1v) is 8.31. The third-order valence-corrected chi connectivity index (χ3v) is 4.41. The monoisotopic (exact) mass is 330 g/mol. The fourth-order valence-corrected chi connectivity index (χ4v) is 3.22. The van der Waals surface area contributed by atoms with Gasteiger partial charge in [0.1, 0.15) is 11.5 Å². The number of carbonyl (C=O) groups excluding carboxylic acids is 1. The van der Waals surface area contributed by atoms with Crippen molar-refractivity contribution in [2.45, 2.75) is 45.7 Å². The van der Waals surface area contributed by atoms with Crippen LogP contribution in [0, 0.1) is 19.7 Å². The van der Waals surface area contributed by atoms with Crippen molar-refractivity contribution >= 4 is 5.91 Å². The van der Waals surface area contributed by atoms with Gasteiger partial charge in [-0.25, -0.2) is 9.07 Å². The first kappa shape index (κ1) is 16.6. The summed E-state index contributed by atoms with van der Waals surface area (Å²) in [5.41, 5.74) is 2.37. The Morgan fingerprint density at radius 2 is 2.17 bits per heavy atom. The van der Waals surface area contributed by atoms with Gasteiger partial charge >= 0.3 is 0 Å². The molecule has 3 rings (SSSR count). The molecule has 1 aromatic heterocycles. The zero-order valence-corrected chi connectivity index (χ0v) is 14.3. The normalized spacial score (nSPS) is 20.8. The van der Waals surface area contributed by atoms with Crippen molar-refractivity contribution < 1.29 is 9.18 Å². The van der Waals surface area contributed by atoms with E-state index in [0.717, 1.165) is 30.8 Å².